The van der Waals surface area contributed by atoms with Crippen LogP contribution in [0.4, 0.5) is 5.82 Å². The highest BCUT2D eigenvalue weighted by Crippen LogP contribution is 2.23. The second-order valence-corrected chi connectivity index (χ2v) is 3.83. The van der Waals surface area contributed by atoms with Crippen LogP contribution in [0, 0.1) is 0 Å². The highest BCUT2D eigenvalue weighted by atomic mass is 32.1. The fraction of sp³-hybridized carbons (Fsp3) is 0.200. The number of nitrogens with two attached hydrogens (primary N) is 1. The Hall–Kier alpha value is -1.42. The molecule has 2 N–H and O–H groups in total. The van der Waals surface area contributed by atoms with Crippen LogP contribution in [-0.2, 0) is 6.42 Å². The number of nitrogens with zero attached hydrogens (tertiary/aromatic N) is 2. The van der Waals surface area contributed by atoms with Crippen LogP contribution in [0.2, 0.25) is 0 Å². The highest BCUT2D eigenvalue weighted by molar-refractivity contribution is 7.13. The lowest BCUT2D eigenvalue weighted by molar-refractivity contribution is 1.04. The summed E-state index contributed by atoms with van der Waals surface area (Å²) in [5.74, 6) is 0.574. The minimum absolute atomic E-state index is 0.574. The van der Waals surface area contributed by atoms with Gasteiger partial charge < -0.3 is 5.73 Å². The number of pyridine rings is 1. The van der Waals surface area contributed by atoms with E-state index in [4.69, 9.17) is 5.73 Å². The number of thiazole rings is 1. The molecule has 0 aromatic carbocycles. The van der Waals surface area contributed by atoms with Gasteiger partial charge in [0.2, 0.25) is 0 Å². The summed E-state index contributed by atoms with van der Waals surface area (Å²) in [5, 5.41) is 2.76. The van der Waals surface area contributed by atoms with E-state index in [0.717, 1.165) is 22.7 Å². The van der Waals surface area contributed by atoms with Crippen LogP contribution in [0.15, 0.2) is 23.7 Å². The number of hydrogen-bond donors (Lipinski definition) is 1. The molecule has 14 heavy (non-hydrogen) atoms. The number of rotatable bonds is 2. The maximum atomic E-state index is 5.55. The van der Waals surface area contributed by atoms with Crippen LogP contribution < -0.4 is 5.73 Å². The van der Waals surface area contributed by atoms with Crippen molar-refractivity contribution < 1.29 is 0 Å². The van der Waals surface area contributed by atoms with Gasteiger partial charge in [0.25, 0.3) is 0 Å². The van der Waals surface area contributed by atoms with Gasteiger partial charge >= 0.3 is 0 Å². The molecule has 0 bridgehead atoms. The molecule has 0 aliphatic heterocycles. The highest BCUT2D eigenvalue weighted by Gasteiger charge is 2.02. The van der Waals surface area contributed by atoms with E-state index in [9.17, 15) is 0 Å². The first-order chi connectivity index (χ1) is 6.79. The smallest absolute Gasteiger partial charge is 0.135 e. The van der Waals surface area contributed by atoms with E-state index in [2.05, 4.69) is 16.9 Å². The van der Waals surface area contributed by atoms with Gasteiger partial charge in [0, 0.05) is 22.8 Å². The normalized spacial score (nSPS) is 10.4. The zero-order valence-corrected chi connectivity index (χ0v) is 8.71. The van der Waals surface area contributed by atoms with Crippen molar-refractivity contribution in [1.29, 1.82) is 0 Å². The number of aromatic nitrogens is 2. The van der Waals surface area contributed by atoms with Crippen LogP contribution in [0.1, 0.15) is 12.6 Å². The van der Waals surface area contributed by atoms with E-state index in [0.29, 0.717) is 5.82 Å². The minimum Gasteiger partial charge on any atom is -0.383 e. The van der Waals surface area contributed by atoms with Gasteiger partial charge in [0.05, 0.1) is 0 Å². The SMILES string of the molecule is CCc1ccc(-c2nc(N)cs2)cn1. The first-order valence-electron chi connectivity index (χ1n) is 4.46. The van der Waals surface area contributed by atoms with Crippen LogP contribution in [0.3, 0.4) is 0 Å². The topological polar surface area (TPSA) is 51.8 Å². The molecule has 3 nitrogen and oxygen atoms in total. The second-order valence-electron chi connectivity index (χ2n) is 2.97. The van der Waals surface area contributed by atoms with E-state index < -0.39 is 0 Å². The Labute approximate surface area is 86.6 Å². The molecular weight excluding hydrogens is 194 g/mol. The summed E-state index contributed by atoms with van der Waals surface area (Å²) in [6.07, 6.45) is 2.80. The molecule has 2 rings (SSSR count). The maximum absolute atomic E-state index is 5.55. The van der Waals surface area contributed by atoms with Crippen molar-refractivity contribution in [2.45, 2.75) is 13.3 Å². The summed E-state index contributed by atoms with van der Waals surface area (Å²) in [6, 6.07) is 4.05. The molecule has 0 aliphatic rings. The van der Waals surface area contributed by atoms with Gasteiger partial charge in [-0.15, -0.1) is 11.3 Å². The quantitative estimate of drug-likeness (QED) is 0.818. The van der Waals surface area contributed by atoms with E-state index in [-0.39, 0.29) is 0 Å². The van der Waals surface area contributed by atoms with Gasteiger partial charge in [-0.1, -0.05) is 6.92 Å². The maximum Gasteiger partial charge on any atom is 0.135 e. The fourth-order valence-electron chi connectivity index (χ4n) is 1.18. The largest absolute Gasteiger partial charge is 0.383 e. The molecule has 2 heterocycles. The first-order valence-corrected chi connectivity index (χ1v) is 5.34. The standard InChI is InChI=1S/C10H11N3S/c1-2-8-4-3-7(5-12-8)10-13-9(11)6-14-10/h3-6H,2,11H2,1H3. The Bertz CT molecular complexity index is 419. The molecule has 2 aromatic heterocycles. The van der Waals surface area contributed by atoms with E-state index >= 15 is 0 Å². The van der Waals surface area contributed by atoms with Crippen LogP contribution in [-0.4, -0.2) is 9.97 Å². The summed E-state index contributed by atoms with van der Waals surface area (Å²) in [5.41, 5.74) is 7.68. The number of anilines is 1. The molecule has 0 aliphatic carbocycles. The average Bonchev–Trinajstić information content (AvgIpc) is 2.65. The van der Waals surface area contributed by atoms with Gasteiger partial charge in [-0.3, -0.25) is 4.98 Å². The van der Waals surface area contributed by atoms with Crippen molar-refractivity contribution in [3.05, 3.63) is 29.4 Å². The van der Waals surface area contributed by atoms with Crippen LogP contribution in [0.25, 0.3) is 10.6 Å². The molecule has 0 spiro atoms. The molecule has 0 radical (unpaired) electrons. The third-order valence-electron chi connectivity index (χ3n) is 1.96. The van der Waals surface area contributed by atoms with Gasteiger partial charge in [-0.2, -0.15) is 0 Å². The zero-order valence-electron chi connectivity index (χ0n) is 7.90. The molecule has 0 atom stereocenters. The Morgan fingerprint density at radius 3 is 2.79 bits per heavy atom. The average molecular weight is 205 g/mol. The Balaban J connectivity index is 2.33. The summed E-state index contributed by atoms with van der Waals surface area (Å²) < 4.78 is 0. The molecule has 0 amide bonds. The number of nitrogen functional groups attached to an aromatic ring is 1. The Morgan fingerprint density at radius 2 is 2.29 bits per heavy atom. The summed E-state index contributed by atoms with van der Waals surface area (Å²) >= 11 is 1.54. The van der Waals surface area contributed by atoms with Crippen molar-refractivity contribution in [2.75, 3.05) is 5.73 Å². The third-order valence-corrected chi connectivity index (χ3v) is 2.87. The lowest BCUT2D eigenvalue weighted by atomic mass is 10.2. The van der Waals surface area contributed by atoms with Gasteiger partial charge in [0.15, 0.2) is 0 Å². The number of aryl methyl sites for hydroxylation is 1. The predicted molar refractivity (Wildman–Crippen MR) is 59.1 cm³/mol. The molecule has 2 aromatic rings. The summed E-state index contributed by atoms with van der Waals surface area (Å²) in [6.45, 7) is 2.09. The van der Waals surface area contributed by atoms with Gasteiger partial charge in [-0.25, -0.2) is 4.98 Å². The Kier molecular flexibility index (Phi) is 2.45. The van der Waals surface area contributed by atoms with Crippen molar-refractivity contribution >= 4 is 17.2 Å². The summed E-state index contributed by atoms with van der Waals surface area (Å²) in [7, 11) is 0. The van der Waals surface area contributed by atoms with E-state index in [1.165, 1.54) is 11.3 Å². The monoisotopic (exact) mass is 205 g/mol. The van der Waals surface area contributed by atoms with Crippen LogP contribution >= 0.6 is 11.3 Å². The second kappa shape index (κ2) is 3.75. The van der Waals surface area contributed by atoms with E-state index in [1.807, 2.05) is 23.7 Å². The zero-order chi connectivity index (χ0) is 9.97. The molecule has 0 saturated heterocycles. The molecule has 0 unspecified atom stereocenters. The molecule has 0 fully saturated rings. The summed E-state index contributed by atoms with van der Waals surface area (Å²) in [4.78, 5) is 8.50. The molecule has 0 saturated carbocycles. The molecule has 4 heteroatoms. The third kappa shape index (κ3) is 1.75. The van der Waals surface area contributed by atoms with Crippen molar-refractivity contribution in [3.63, 3.8) is 0 Å². The number of hydrogen-bond acceptors (Lipinski definition) is 4. The van der Waals surface area contributed by atoms with Crippen molar-refractivity contribution in [3.8, 4) is 10.6 Å². The van der Waals surface area contributed by atoms with Crippen molar-refractivity contribution in [1.82, 2.24) is 9.97 Å². The van der Waals surface area contributed by atoms with Crippen molar-refractivity contribution in [2.24, 2.45) is 0 Å². The van der Waals surface area contributed by atoms with Gasteiger partial charge in [-0.05, 0) is 18.6 Å². The van der Waals surface area contributed by atoms with E-state index in [1.54, 1.807) is 0 Å². The lowest BCUT2D eigenvalue weighted by Gasteiger charge is -1.97. The predicted octanol–water partition coefficient (Wildman–Crippen LogP) is 2.35. The first kappa shape index (κ1) is 9.15. The lowest BCUT2D eigenvalue weighted by Crippen LogP contribution is -1.87. The Morgan fingerprint density at radius 1 is 1.43 bits per heavy atom. The molecular formula is C10H11N3S. The fourth-order valence-corrected chi connectivity index (χ4v) is 1.88. The van der Waals surface area contributed by atoms with Crippen LogP contribution in [0.5, 0.6) is 0 Å². The minimum atomic E-state index is 0.574. The van der Waals surface area contributed by atoms with Gasteiger partial charge in [0.1, 0.15) is 10.8 Å². The molecule has 72 valence electrons.